The van der Waals surface area contributed by atoms with Crippen LogP contribution in [0.15, 0.2) is 157 Å². The minimum absolute atomic E-state index is 0.613. The van der Waals surface area contributed by atoms with Crippen molar-refractivity contribution in [3.8, 4) is 56.4 Å². The smallest absolute Gasteiger partial charge is 0.164 e. The fraction of sp³-hybridized carbons (Fsp3) is 0. The molecule has 1 aromatic heterocycles. The topological polar surface area (TPSA) is 51.0 Å². The van der Waals surface area contributed by atoms with Crippen molar-refractivity contribution in [3.63, 3.8) is 0 Å². The first-order valence-corrected chi connectivity index (χ1v) is 14.4. The van der Waals surface area contributed by atoms with E-state index in [1.54, 1.807) is 0 Å². The molecule has 7 rings (SSSR count). The van der Waals surface area contributed by atoms with Gasteiger partial charge < -0.3 is 0 Å². The van der Waals surface area contributed by atoms with Gasteiger partial charge in [0, 0.05) is 16.7 Å². The molecule has 0 N–H and O–H groups in total. The first kappa shape index (κ1) is 26.9. The molecule has 6 aromatic carbocycles. The summed E-state index contributed by atoms with van der Waals surface area (Å²) in [5, 5.41) is 2.38. The number of fused-ring (bicyclic) bond motifs is 1. The van der Waals surface area contributed by atoms with E-state index in [1.807, 2.05) is 72.8 Å². The predicted molar refractivity (Wildman–Crippen MR) is 183 cm³/mol. The zero-order valence-electron chi connectivity index (χ0n) is 24.1. The van der Waals surface area contributed by atoms with Gasteiger partial charge in [0.25, 0.3) is 0 Å². The Balaban J connectivity index is 1.46. The number of hydrogen-bond donors (Lipinski definition) is 0. The first-order valence-electron chi connectivity index (χ1n) is 14.4. The summed E-state index contributed by atoms with van der Waals surface area (Å²) in [7, 11) is 0. The lowest BCUT2D eigenvalue weighted by Crippen LogP contribution is -2.00. The largest absolute Gasteiger partial charge is 0.265 e. The van der Waals surface area contributed by atoms with Crippen LogP contribution in [0.5, 0.6) is 0 Å². The Morgan fingerprint density at radius 1 is 0.455 bits per heavy atom. The van der Waals surface area contributed by atoms with Crippen LogP contribution in [0, 0.1) is 0 Å². The van der Waals surface area contributed by atoms with E-state index in [9.17, 15) is 0 Å². The summed E-state index contributed by atoms with van der Waals surface area (Å²) >= 11 is 0. The number of benzene rings is 6. The van der Waals surface area contributed by atoms with E-state index in [0.717, 1.165) is 44.5 Å². The van der Waals surface area contributed by atoms with Gasteiger partial charge in [-0.25, -0.2) is 15.0 Å². The van der Waals surface area contributed by atoms with Gasteiger partial charge in [-0.15, -0.1) is 0 Å². The molecule has 0 spiro atoms. The van der Waals surface area contributed by atoms with Crippen LogP contribution in [-0.4, -0.2) is 21.7 Å². The second-order valence-corrected chi connectivity index (χ2v) is 10.5. The maximum absolute atomic E-state index is 5.03. The summed E-state index contributed by atoms with van der Waals surface area (Å²) in [6, 6.07) is 49.8. The van der Waals surface area contributed by atoms with Gasteiger partial charge in [0.1, 0.15) is 0 Å². The predicted octanol–water partition coefficient (Wildman–Crippen LogP) is 10.0. The second kappa shape index (κ2) is 11.7. The maximum Gasteiger partial charge on any atom is 0.164 e. The lowest BCUT2D eigenvalue weighted by molar-refractivity contribution is 1.07. The maximum atomic E-state index is 5.03. The molecule has 0 atom stereocenters. The Morgan fingerprint density at radius 3 is 1.61 bits per heavy atom. The highest BCUT2D eigenvalue weighted by Crippen LogP contribution is 2.36. The third-order valence-corrected chi connectivity index (χ3v) is 7.73. The van der Waals surface area contributed by atoms with Gasteiger partial charge in [-0.2, -0.15) is 0 Å². The molecule has 208 valence electrons. The van der Waals surface area contributed by atoms with Gasteiger partial charge in [0.05, 0.1) is 5.70 Å². The minimum atomic E-state index is 0.613. The molecule has 0 fully saturated rings. The molecular weight excluding hydrogens is 536 g/mol. The summed E-state index contributed by atoms with van der Waals surface area (Å²) in [6.07, 6.45) is 0. The lowest BCUT2D eigenvalue weighted by atomic mass is 9.92. The Kier molecular flexibility index (Phi) is 7.15. The quantitative estimate of drug-likeness (QED) is 0.181. The van der Waals surface area contributed by atoms with Crippen molar-refractivity contribution in [2.24, 2.45) is 4.99 Å². The Labute approximate surface area is 256 Å². The normalized spacial score (nSPS) is 10.9. The number of hydrogen-bond acceptors (Lipinski definition) is 4. The molecule has 44 heavy (non-hydrogen) atoms. The summed E-state index contributed by atoms with van der Waals surface area (Å²) < 4.78 is 0. The highest BCUT2D eigenvalue weighted by Gasteiger charge is 2.15. The molecule has 0 amide bonds. The summed E-state index contributed by atoms with van der Waals surface area (Å²) in [4.78, 5) is 18.9. The van der Waals surface area contributed by atoms with E-state index in [4.69, 9.17) is 15.0 Å². The van der Waals surface area contributed by atoms with Crippen LogP contribution in [0.1, 0.15) is 5.56 Å². The van der Waals surface area contributed by atoms with Crippen LogP contribution in [0.3, 0.4) is 0 Å². The molecule has 0 aliphatic heterocycles. The van der Waals surface area contributed by atoms with E-state index in [1.165, 1.54) is 10.8 Å². The molecule has 0 aliphatic carbocycles. The van der Waals surface area contributed by atoms with Crippen LogP contribution in [0.2, 0.25) is 0 Å². The SMILES string of the molecule is C=NC(=C)c1ccc(-c2cc(-c3nc(-c4ccccc4)nc(-c4ccccc4)n3)cc(-c3cccc4ccccc34)c2)cc1. The average Bonchev–Trinajstić information content (AvgIpc) is 3.11. The average molecular weight is 565 g/mol. The molecule has 1 heterocycles. The molecule has 4 nitrogen and oxygen atoms in total. The standard InChI is InChI=1S/C40H28N4/c1-27(41-2)28-20-22-29(23-21-28)33-24-34(37-19-11-17-30-12-9-10-18-36(30)37)26-35(25-33)40-43-38(31-13-5-3-6-14-31)42-39(44-40)32-15-7-4-8-16-32/h3-26H,1-2H2. The Hall–Kier alpha value is -6.00. The molecule has 0 saturated heterocycles. The molecule has 7 aromatic rings. The fourth-order valence-electron chi connectivity index (χ4n) is 5.44. The number of aliphatic imine (C=N–C) groups is 1. The van der Waals surface area contributed by atoms with E-state index < -0.39 is 0 Å². The molecule has 0 unspecified atom stereocenters. The molecular formula is C40H28N4. The Morgan fingerprint density at radius 2 is 0.977 bits per heavy atom. The lowest BCUT2D eigenvalue weighted by Gasteiger charge is -2.14. The summed E-state index contributed by atoms with van der Waals surface area (Å²) in [5.74, 6) is 1.87. The van der Waals surface area contributed by atoms with Gasteiger partial charge in [0.15, 0.2) is 17.5 Å². The minimum Gasteiger partial charge on any atom is -0.265 e. The van der Waals surface area contributed by atoms with Crippen molar-refractivity contribution in [1.29, 1.82) is 0 Å². The molecule has 0 radical (unpaired) electrons. The van der Waals surface area contributed by atoms with Gasteiger partial charge in [-0.1, -0.05) is 134 Å². The van der Waals surface area contributed by atoms with E-state index in [-0.39, 0.29) is 0 Å². The van der Waals surface area contributed by atoms with Crippen molar-refractivity contribution >= 4 is 23.2 Å². The van der Waals surface area contributed by atoms with Crippen molar-refractivity contribution in [1.82, 2.24) is 15.0 Å². The Bertz CT molecular complexity index is 2070. The van der Waals surface area contributed by atoms with E-state index in [2.05, 4.69) is 91.1 Å². The van der Waals surface area contributed by atoms with E-state index >= 15 is 0 Å². The third kappa shape index (κ3) is 5.33. The van der Waals surface area contributed by atoms with Crippen LogP contribution in [0.4, 0.5) is 0 Å². The van der Waals surface area contributed by atoms with Gasteiger partial charge in [0.2, 0.25) is 0 Å². The highest BCUT2D eigenvalue weighted by atomic mass is 15.0. The zero-order chi connectivity index (χ0) is 29.9. The second-order valence-electron chi connectivity index (χ2n) is 10.5. The monoisotopic (exact) mass is 564 g/mol. The molecule has 0 aliphatic rings. The van der Waals surface area contributed by atoms with Crippen LogP contribution in [0.25, 0.3) is 72.9 Å². The van der Waals surface area contributed by atoms with E-state index in [0.29, 0.717) is 23.2 Å². The van der Waals surface area contributed by atoms with Crippen molar-refractivity contribution in [2.45, 2.75) is 0 Å². The first-order chi connectivity index (χ1) is 21.7. The molecule has 0 bridgehead atoms. The van der Waals surface area contributed by atoms with Crippen LogP contribution >= 0.6 is 0 Å². The van der Waals surface area contributed by atoms with Gasteiger partial charge >= 0.3 is 0 Å². The number of rotatable bonds is 7. The van der Waals surface area contributed by atoms with Crippen molar-refractivity contribution in [3.05, 3.63) is 158 Å². The zero-order valence-corrected chi connectivity index (χ0v) is 24.1. The fourth-order valence-corrected chi connectivity index (χ4v) is 5.44. The molecule has 4 heteroatoms. The van der Waals surface area contributed by atoms with Gasteiger partial charge in [-0.3, -0.25) is 4.99 Å². The number of nitrogens with zero attached hydrogens (tertiary/aromatic N) is 4. The van der Waals surface area contributed by atoms with Crippen molar-refractivity contribution in [2.75, 3.05) is 0 Å². The number of aromatic nitrogens is 3. The third-order valence-electron chi connectivity index (χ3n) is 7.73. The summed E-state index contributed by atoms with van der Waals surface area (Å²) in [5.41, 5.74) is 8.71. The van der Waals surface area contributed by atoms with Crippen LogP contribution < -0.4 is 0 Å². The summed E-state index contributed by atoms with van der Waals surface area (Å²) in [6.45, 7) is 7.62. The van der Waals surface area contributed by atoms with Gasteiger partial charge in [-0.05, 0) is 63.5 Å². The highest BCUT2D eigenvalue weighted by molar-refractivity contribution is 5.98. The van der Waals surface area contributed by atoms with Crippen molar-refractivity contribution < 1.29 is 0 Å². The van der Waals surface area contributed by atoms with Crippen LogP contribution in [-0.2, 0) is 0 Å². The molecule has 0 saturated carbocycles.